The zero-order valence-electron chi connectivity index (χ0n) is 9.44. The minimum atomic E-state index is 0.895. The topological polar surface area (TPSA) is 32.3 Å². The number of hydrogen-bond donors (Lipinski definition) is 0. The Kier molecular flexibility index (Phi) is 3.53. The maximum atomic E-state index is 4.44. The molecule has 15 heavy (non-hydrogen) atoms. The molecule has 1 saturated heterocycles. The highest BCUT2D eigenvalue weighted by Crippen LogP contribution is 2.18. The van der Waals surface area contributed by atoms with Crippen molar-refractivity contribution in [3.8, 4) is 0 Å². The molecule has 0 unspecified atom stereocenters. The first kappa shape index (κ1) is 10.8. The van der Waals surface area contributed by atoms with Crippen LogP contribution in [-0.2, 0) is 0 Å². The van der Waals surface area contributed by atoms with Crippen molar-refractivity contribution in [3.63, 3.8) is 0 Å². The first-order valence-corrected chi connectivity index (χ1v) is 6.34. The summed E-state index contributed by atoms with van der Waals surface area (Å²) in [6.45, 7) is 9.90. The van der Waals surface area contributed by atoms with E-state index in [1.807, 2.05) is 6.92 Å². The molecule has 0 radical (unpaired) electrons. The van der Waals surface area contributed by atoms with Gasteiger partial charge in [-0.25, -0.2) is 4.98 Å². The molecule has 1 aromatic rings. The molecule has 1 aliphatic heterocycles. The lowest BCUT2D eigenvalue weighted by Crippen LogP contribution is -2.30. The van der Waals surface area contributed by atoms with Gasteiger partial charge in [-0.3, -0.25) is 0 Å². The third kappa shape index (κ3) is 2.66. The number of anilines is 1. The van der Waals surface area contributed by atoms with Gasteiger partial charge in [-0.2, -0.15) is 4.37 Å². The summed E-state index contributed by atoms with van der Waals surface area (Å²) in [7, 11) is 0. The standard InChI is InChI=1S/C10H18N4S/c1-3-13-5-4-6-14(8-7-13)10-11-9(2)12-15-10/h3-8H2,1-2H3. The molecule has 1 aliphatic rings. The lowest BCUT2D eigenvalue weighted by Gasteiger charge is -2.19. The lowest BCUT2D eigenvalue weighted by molar-refractivity contribution is 0.310. The third-order valence-corrected chi connectivity index (χ3v) is 3.69. The van der Waals surface area contributed by atoms with E-state index in [4.69, 9.17) is 0 Å². The fourth-order valence-electron chi connectivity index (χ4n) is 1.89. The van der Waals surface area contributed by atoms with E-state index in [9.17, 15) is 0 Å². The molecular formula is C10H18N4S. The highest BCUT2D eigenvalue weighted by molar-refractivity contribution is 7.09. The highest BCUT2D eigenvalue weighted by Gasteiger charge is 2.16. The van der Waals surface area contributed by atoms with Gasteiger partial charge >= 0.3 is 0 Å². The smallest absolute Gasteiger partial charge is 0.205 e. The van der Waals surface area contributed by atoms with Crippen LogP contribution < -0.4 is 4.90 Å². The summed E-state index contributed by atoms with van der Waals surface area (Å²) in [4.78, 5) is 9.30. The fourth-order valence-corrected chi connectivity index (χ4v) is 2.62. The molecule has 0 aromatic carbocycles. The second-order valence-electron chi connectivity index (χ2n) is 3.90. The molecule has 2 rings (SSSR count). The van der Waals surface area contributed by atoms with Crippen molar-refractivity contribution in [1.82, 2.24) is 14.3 Å². The van der Waals surface area contributed by atoms with Crippen molar-refractivity contribution in [2.75, 3.05) is 37.6 Å². The van der Waals surface area contributed by atoms with Gasteiger partial charge in [-0.15, -0.1) is 0 Å². The predicted molar refractivity (Wildman–Crippen MR) is 63.6 cm³/mol. The fraction of sp³-hybridized carbons (Fsp3) is 0.800. The van der Waals surface area contributed by atoms with Crippen LogP contribution in [0.5, 0.6) is 0 Å². The second-order valence-corrected chi connectivity index (χ2v) is 4.63. The molecular weight excluding hydrogens is 208 g/mol. The summed E-state index contributed by atoms with van der Waals surface area (Å²) in [6, 6.07) is 0. The van der Waals surface area contributed by atoms with E-state index in [2.05, 4.69) is 26.1 Å². The largest absolute Gasteiger partial charge is 0.346 e. The van der Waals surface area contributed by atoms with Crippen LogP contribution >= 0.6 is 11.5 Å². The van der Waals surface area contributed by atoms with E-state index in [0.29, 0.717) is 0 Å². The van der Waals surface area contributed by atoms with E-state index < -0.39 is 0 Å². The van der Waals surface area contributed by atoms with Crippen molar-refractivity contribution >= 4 is 16.7 Å². The third-order valence-electron chi connectivity index (χ3n) is 2.82. The van der Waals surface area contributed by atoms with Crippen LogP contribution in [0.25, 0.3) is 0 Å². The van der Waals surface area contributed by atoms with Crippen LogP contribution in [0.4, 0.5) is 5.13 Å². The first-order chi connectivity index (χ1) is 7.29. The van der Waals surface area contributed by atoms with Gasteiger partial charge in [-0.05, 0) is 26.4 Å². The van der Waals surface area contributed by atoms with Crippen molar-refractivity contribution in [1.29, 1.82) is 0 Å². The van der Waals surface area contributed by atoms with E-state index in [0.717, 1.165) is 37.1 Å². The molecule has 0 aliphatic carbocycles. The Labute approximate surface area is 95.1 Å². The van der Waals surface area contributed by atoms with E-state index in [-0.39, 0.29) is 0 Å². The molecule has 84 valence electrons. The number of aromatic nitrogens is 2. The summed E-state index contributed by atoms with van der Waals surface area (Å²) in [5, 5.41) is 1.09. The maximum absolute atomic E-state index is 4.44. The van der Waals surface area contributed by atoms with Crippen LogP contribution in [0.3, 0.4) is 0 Å². The predicted octanol–water partition coefficient (Wildman–Crippen LogP) is 1.38. The van der Waals surface area contributed by atoms with Gasteiger partial charge in [0.25, 0.3) is 0 Å². The average molecular weight is 226 g/mol. The summed E-state index contributed by atoms with van der Waals surface area (Å²) < 4.78 is 4.24. The number of nitrogens with zero attached hydrogens (tertiary/aromatic N) is 4. The van der Waals surface area contributed by atoms with Gasteiger partial charge in [0.05, 0.1) is 0 Å². The Balaban J connectivity index is 1.99. The molecule has 0 N–H and O–H groups in total. The van der Waals surface area contributed by atoms with Gasteiger partial charge in [0.15, 0.2) is 0 Å². The molecule has 2 heterocycles. The van der Waals surface area contributed by atoms with Gasteiger partial charge < -0.3 is 9.80 Å². The van der Waals surface area contributed by atoms with Crippen LogP contribution in [0.2, 0.25) is 0 Å². The molecule has 4 nitrogen and oxygen atoms in total. The minimum absolute atomic E-state index is 0.895. The summed E-state index contributed by atoms with van der Waals surface area (Å²) in [6.07, 6.45) is 1.23. The van der Waals surface area contributed by atoms with Gasteiger partial charge in [-0.1, -0.05) is 6.92 Å². The van der Waals surface area contributed by atoms with Crippen molar-refractivity contribution in [2.24, 2.45) is 0 Å². The number of aryl methyl sites for hydroxylation is 1. The maximum Gasteiger partial charge on any atom is 0.205 e. The van der Waals surface area contributed by atoms with Crippen LogP contribution in [0.15, 0.2) is 0 Å². The van der Waals surface area contributed by atoms with Gasteiger partial charge in [0, 0.05) is 31.2 Å². The van der Waals surface area contributed by atoms with Crippen LogP contribution in [0, 0.1) is 6.92 Å². The Morgan fingerprint density at radius 2 is 2.13 bits per heavy atom. The van der Waals surface area contributed by atoms with Crippen LogP contribution in [0.1, 0.15) is 19.2 Å². The molecule has 1 fully saturated rings. The number of likely N-dealkylation sites (N-methyl/N-ethyl adjacent to an activating group) is 1. The second kappa shape index (κ2) is 4.90. The minimum Gasteiger partial charge on any atom is -0.346 e. The van der Waals surface area contributed by atoms with Crippen molar-refractivity contribution in [3.05, 3.63) is 5.82 Å². The van der Waals surface area contributed by atoms with Gasteiger partial charge in [0.2, 0.25) is 5.13 Å². The average Bonchev–Trinajstić information content (AvgIpc) is 2.54. The lowest BCUT2D eigenvalue weighted by atomic mass is 10.4. The molecule has 0 atom stereocenters. The molecule has 1 aromatic heterocycles. The Morgan fingerprint density at radius 1 is 1.27 bits per heavy atom. The Morgan fingerprint density at radius 3 is 2.80 bits per heavy atom. The summed E-state index contributed by atoms with van der Waals surface area (Å²) >= 11 is 1.52. The molecule has 0 saturated carbocycles. The molecule has 0 bridgehead atoms. The number of rotatable bonds is 2. The van der Waals surface area contributed by atoms with E-state index in [1.54, 1.807) is 0 Å². The SMILES string of the molecule is CCN1CCCN(c2nc(C)ns2)CC1. The molecule has 0 spiro atoms. The normalized spacial score (nSPS) is 19.2. The van der Waals surface area contributed by atoms with E-state index >= 15 is 0 Å². The van der Waals surface area contributed by atoms with Crippen molar-refractivity contribution in [2.45, 2.75) is 20.3 Å². The first-order valence-electron chi connectivity index (χ1n) is 5.57. The Hall–Kier alpha value is -0.680. The van der Waals surface area contributed by atoms with Crippen molar-refractivity contribution < 1.29 is 0 Å². The van der Waals surface area contributed by atoms with Gasteiger partial charge in [0.1, 0.15) is 5.82 Å². The quantitative estimate of drug-likeness (QED) is 0.762. The number of hydrogen-bond acceptors (Lipinski definition) is 5. The highest BCUT2D eigenvalue weighted by atomic mass is 32.1. The summed E-state index contributed by atoms with van der Waals surface area (Å²) in [5.74, 6) is 0.895. The van der Waals surface area contributed by atoms with E-state index in [1.165, 1.54) is 24.5 Å². The zero-order chi connectivity index (χ0) is 10.7. The monoisotopic (exact) mass is 226 g/mol. The molecule has 5 heteroatoms. The Bertz CT molecular complexity index is 312. The zero-order valence-corrected chi connectivity index (χ0v) is 10.3. The summed E-state index contributed by atoms with van der Waals surface area (Å²) in [5.41, 5.74) is 0. The van der Waals surface area contributed by atoms with Crippen LogP contribution in [-0.4, -0.2) is 47.0 Å². The molecule has 0 amide bonds.